The van der Waals surface area contributed by atoms with Crippen molar-refractivity contribution in [3.05, 3.63) is 144 Å². The third-order valence-electron chi connectivity index (χ3n) is 7.02. The van der Waals surface area contributed by atoms with Gasteiger partial charge in [-0.1, -0.05) is 72.8 Å². The third-order valence-corrected chi connectivity index (χ3v) is 7.02. The van der Waals surface area contributed by atoms with Gasteiger partial charge < -0.3 is 19.4 Å². The van der Waals surface area contributed by atoms with Crippen LogP contribution in [0.15, 0.2) is 121 Å². The summed E-state index contributed by atoms with van der Waals surface area (Å²) < 4.78 is 11.9. The van der Waals surface area contributed by atoms with Gasteiger partial charge >= 0.3 is 29.6 Å². The number of hydrogen-bond acceptors (Lipinski definition) is 6. The first-order chi connectivity index (χ1) is 20.1. The number of ether oxygens (including phenoxy) is 2. The summed E-state index contributed by atoms with van der Waals surface area (Å²) >= 11 is 0. The predicted octanol–water partition coefficient (Wildman–Crippen LogP) is 3.22. The van der Waals surface area contributed by atoms with E-state index in [1.165, 1.54) is 0 Å². The summed E-state index contributed by atoms with van der Waals surface area (Å²) in [6.45, 7) is 0.672. The van der Waals surface area contributed by atoms with Crippen LogP contribution in [0, 0.1) is 0 Å². The van der Waals surface area contributed by atoms with E-state index in [-0.39, 0.29) is 41.9 Å². The standard InChI is InChI=1S/C35H28N2O4.Na/c38-35(39)21-32(24-11-17-30(18-12-24)40-22-28-15-9-26-5-1-3-7-33(26)36-28)25-13-19-31(20-14-25)41-23-29-16-10-27-6-2-4-8-34(27)37-29;/h1-20,32H,21-23H2,(H,38,39);/q;+1/p-1. The maximum atomic E-state index is 11.6. The molecule has 0 radical (unpaired) electrons. The van der Waals surface area contributed by atoms with Crippen LogP contribution in [0.25, 0.3) is 21.8 Å². The molecule has 0 saturated carbocycles. The van der Waals surface area contributed by atoms with E-state index in [1.54, 1.807) is 0 Å². The fraction of sp³-hybridized carbons (Fsp3) is 0.114. The Morgan fingerprint density at radius 1 is 0.595 bits per heavy atom. The van der Waals surface area contributed by atoms with Gasteiger partial charge in [0.25, 0.3) is 0 Å². The Morgan fingerprint density at radius 2 is 1.02 bits per heavy atom. The number of carbonyl (C=O) groups excluding carboxylic acids is 1. The maximum absolute atomic E-state index is 11.6. The second-order valence-electron chi connectivity index (χ2n) is 9.83. The van der Waals surface area contributed by atoms with E-state index >= 15 is 0 Å². The molecule has 0 saturated heterocycles. The topological polar surface area (TPSA) is 84.4 Å². The molecule has 0 aliphatic heterocycles. The van der Waals surface area contributed by atoms with Gasteiger partial charge in [0.05, 0.1) is 22.4 Å². The number of aromatic nitrogens is 2. The van der Waals surface area contributed by atoms with Gasteiger partial charge in [-0.3, -0.25) is 0 Å². The number of nitrogens with zero attached hydrogens (tertiary/aromatic N) is 2. The van der Waals surface area contributed by atoms with Crippen molar-refractivity contribution in [1.29, 1.82) is 0 Å². The Hall–Kier alpha value is -4.23. The Balaban J connectivity index is 0.00000353. The zero-order valence-electron chi connectivity index (χ0n) is 23.3. The van der Waals surface area contributed by atoms with Gasteiger partial charge in [-0.05, 0) is 66.1 Å². The SMILES string of the molecule is O=C([O-])CC(c1ccc(OCc2ccc3ccccc3n2)cc1)c1ccc(OCc2ccc3ccccc3n2)cc1.[Na+]. The van der Waals surface area contributed by atoms with Crippen LogP contribution in [-0.4, -0.2) is 15.9 Å². The molecule has 7 heteroatoms. The third kappa shape index (κ3) is 7.15. The van der Waals surface area contributed by atoms with Gasteiger partial charge in [-0.25, -0.2) is 9.97 Å². The van der Waals surface area contributed by atoms with Crippen molar-refractivity contribution in [3.63, 3.8) is 0 Å². The molecule has 2 heterocycles. The van der Waals surface area contributed by atoms with E-state index in [1.807, 2.05) is 121 Å². The van der Waals surface area contributed by atoms with Crippen LogP contribution in [0.3, 0.4) is 0 Å². The minimum atomic E-state index is -1.11. The summed E-state index contributed by atoms with van der Waals surface area (Å²) in [6.07, 6.45) is -0.136. The smallest absolute Gasteiger partial charge is 0.550 e. The van der Waals surface area contributed by atoms with Crippen molar-refractivity contribution in [2.75, 3.05) is 0 Å². The quantitative estimate of drug-likeness (QED) is 0.239. The van der Waals surface area contributed by atoms with E-state index in [2.05, 4.69) is 9.97 Å². The number of benzene rings is 4. The van der Waals surface area contributed by atoms with Crippen molar-refractivity contribution in [3.8, 4) is 11.5 Å². The summed E-state index contributed by atoms with van der Waals surface area (Å²) in [6, 6.07) is 38.9. The van der Waals surface area contributed by atoms with Crippen LogP contribution in [0.2, 0.25) is 0 Å². The molecule has 2 aromatic heterocycles. The number of carbonyl (C=O) groups is 1. The van der Waals surface area contributed by atoms with Crippen molar-refractivity contribution >= 4 is 27.8 Å². The molecule has 0 fully saturated rings. The maximum Gasteiger partial charge on any atom is 1.00 e. The predicted molar refractivity (Wildman–Crippen MR) is 157 cm³/mol. The number of carboxylic acid groups (broad SMARTS) is 1. The van der Waals surface area contributed by atoms with Crippen LogP contribution in [0.5, 0.6) is 11.5 Å². The Labute approximate surface area is 266 Å². The summed E-state index contributed by atoms with van der Waals surface area (Å²) in [7, 11) is 0. The number of pyridine rings is 2. The van der Waals surface area contributed by atoms with Gasteiger partial charge in [0.1, 0.15) is 24.7 Å². The van der Waals surface area contributed by atoms with Crippen molar-refractivity contribution in [1.82, 2.24) is 9.97 Å². The first-order valence-corrected chi connectivity index (χ1v) is 13.5. The molecule has 0 spiro atoms. The van der Waals surface area contributed by atoms with Crippen LogP contribution in [0.1, 0.15) is 34.9 Å². The van der Waals surface area contributed by atoms with Crippen molar-refractivity contribution in [2.45, 2.75) is 25.6 Å². The van der Waals surface area contributed by atoms with E-state index in [0.717, 1.165) is 44.3 Å². The normalized spacial score (nSPS) is 10.9. The molecule has 0 amide bonds. The van der Waals surface area contributed by atoms with Crippen molar-refractivity contribution in [2.24, 2.45) is 0 Å². The molecule has 42 heavy (non-hydrogen) atoms. The molecule has 6 aromatic rings. The number of rotatable bonds is 10. The van der Waals surface area contributed by atoms with Gasteiger partial charge in [0.15, 0.2) is 0 Å². The molecule has 6 nitrogen and oxygen atoms in total. The Kier molecular flexibility index (Phi) is 9.49. The van der Waals surface area contributed by atoms with E-state index in [4.69, 9.17) is 9.47 Å². The zero-order valence-corrected chi connectivity index (χ0v) is 25.3. The molecular formula is C35H27N2NaO4. The summed E-state index contributed by atoms with van der Waals surface area (Å²) in [5, 5.41) is 13.8. The molecule has 0 aliphatic carbocycles. The summed E-state index contributed by atoms with van der Waals surface area (Å²) in [4.78, 5) is 20.9. The Bertz CT molecular complexity index is 1680. The summed E-state index contributed by atoms with van der Waals surface area (Å²) in [5.41, 5.74) is 5.24. The number of carboxylic acids is 1. The first kappa shape index (κ1) is 29.3. The largest absolute Gasteiger partial charge is 1.00 e. The molecule has 0 atom stereocenters. The van der Waals surface area contributed by atoms with Crippen LogP contribution in [-0.2, 0) is 18.0 Å². The monoisotopic (exact) mass is 562 g/mol. The molecular weight excluding hydrogens is 535 g/mol. The van der Waals surface area contributed by atoms with Gasteiger partial charge in [-0.2, -0.15) is 0 Å². The van der Waals surface area contributed by atoms with E-state index in [9.17, 15) is 9.90 Å². The zero-order chi connectivity index (χ0) is 28.0. The van der Waals surface area contributed by atoms with Gasteiger partial charge in [-0.15, -0.1) is 0 Å². The van der Waals surface area contributed by atoms with Crippen LogP contribution < -0.4 is 44.1 Å². The number of fused-ring (bicyclic) bond motifs is 2. The molecule has 4 aromatic carbocycles. The molecule has 0 aliphatic rings. The van der Waals surface area contributed by atoms with E-state index in [0.29, 0.717) is 24.7 Å². The average Bonchev–Trinajstić information content (AvgIpc) is 3.02. The van der Waals surface area contributed by atoms with Crippen LogP contribution in [0.4, 0.5) is 0 Å². The van der Waals surface area contributed by atoms with Crippen LogP contribution >= 0.6 is 0 Å². The molecule has 202 valence electrons. The number of hydrogen-bond donors (Lipinski definition) is 0. The fourth-order valence-corrected chi connectivity index (χ4v) is 4.88. The minimum absolute atomic E-state index is 0. The average molecular weight is 563 g/mol. The summed E-state index contributed by atoms with van der Waals surface area (Å²) in [5.74, 6) is -0.114. The Morgan fingerprint density at radius 3 is 1.45 bits per heavy atom. The fourth-order valence-electron chi connectivity index (χ4n) is 4.88. The molecule has 0 N–H and O–H groups in total. The number of aliphatic carboxylic acids is 1. The molecule has 0 unspecified atom stereocenters. The van der Waals surface area contributed by atoms with Gasteiger partial charge in [0.2, 0.25) is 0 Å². The molecule has 0 bridgehead atoms. The van der Waals surface area contributed by atoms with Gasteiger partial charge in [0, 0.05) is 22.7 Å². The van der Waals surface area contributed by atoms with Crippen molar-refractivity contribution < 1.29 is 48.9 Å². The second-order valence-corrected chi connectivity index (χ2v) is 9.83. The first-order valence-electron chi connectivity index (χ1n) is 13.5. The van der Waals surface area contributed by atoms with E-state index < -0.39 is 5.97 Å². The molecule has 6 rings (SSSR count). The number of para-hydroxylation sites is 2. The minimum Gasteiger partial charge on any atom is -0.550 e. The second kappa shape index (κ2) is 13.6.